The van der Waals surface area contributed by atoms with Gasteiger partial charge in [-0.25, -0.2) is 4.98 Å². The molecular formula is C10H15ClN4O. The Morgan fingerprint density at radius 1 is 1.50 bits per heavy atom. The summed E-state index contributed by atoms with van der Waals surface area (Å²) < 4.78 is 5.49. The fourth-order valence-corrected chi connectivity index (χ4v) is 1.81. The average molecular weight is 243 g/mol. The van der Waals surface area contributed by atoms with E-state index < -0.39 is 0 Å². The van der Waals surface area contributed by atoms with Gasteiger partial charge in [-0.1, -0.05) is 11.6 Å². The molecule has 1 aromatic heterocycles. The Labute approximate surface area is 99.6 Å². The summed E-state index contributed by atoms with van der Waals surface area (Å²) in [5.74, 6) is 0. The summed E-state index contributed by atoms with van der Waals surface area (Å²) in [5.41, 5.74) is 6.50. The molecule has 0 amide bonds. The summed E-state index contributed by atoms with van der Waals surface area (Å²) in [6, 6.07) is 0. The number of aromatic nitrogens is 2. The zero-order valence-corrected chi connectivity index (χ0v) is 9.73. The lowest BCUT2D eigenvalue weighted by Gasteiger charge is -2.31. The quantitative estimate of drug-likeness (QED) is 0.826. The molecule has 0 aromatic carbocycles. The van der Waals surface area contributed by atoms with Crippen molar-refractivity contribution >= 4 is 11.6 Å². The van der Waals surface area contributed by atoms with E-state index in [1.165, 1.54) is 0 Å². The van der Waals surface area contributed by atoms with Crippen LogP contribution in [0.3, 0.4) is 0 Å². The van der Waals surface area contributed by atoms with Crippen LogP contribution in [0.25, 0.3) is 0 Å². The van der Waals surface area contributed by atoms with Crippen molar-refractivity contribution in [3.05, 3.63) is 23.2 Å². The van der Waals surface area contributed by atoms with Gasteiger partial charge in [0.05, 0.1) is 30.8 Å². The maximum Gasteiger partial charge on any atom is 0.147 e. The maximum atomic E-state index is 5.68. The lowest BCUT2D eigenvalue weighted by Crippen LogP contribution is -2.45. The molecule has 5 nitrogen and oxygen atoms in total. The molecule has 1 aliphatic rings. The molecule has 6 heteroatoms. The first-order valence-electron chi connectivity index (χ1n) is 5.28. The SMILES string of the molecule is NCC1CN(Cc2cnc(Cl)cn2)CCO1. The van der Waals surface area contributed by atoms with Gasteiger partial charge in [0.2, 0.25) is 0 Å². The number of rotatable bonds is 3. The normalized spacial score (nSPS) is 22.2. The number of halogens is 1. The van der Waals surface area contributed by atoms with Crippen molar-refractivity contribution in [1.29, 1.82) is 0 Å². The van der Waals surface area contributed by atoms with Gasteiger partial charge in [0.1, 0.15) is 5.15 Å². The highest BCUT2D eigenvalue weighted by atomic mass is 35.5. The first-order chi connectivity index (χ1) is 7.78. The Bertz CT molecular complexity index is 332. The van der Waals surface area contributed by atoms with Gasteiger partial charge in [-0.05, 0) is 0 Å². The van der Waals surface area contributed by atoms with E-state index in [0.29, 0.717) is 11.7 Å². The predicted molar refractivity (Wildman–Crippen MR) is 61.1 cm³/mol. The van der Waals surface area contributed by atoms with Crippen LogP contribution in [0, 0.1) is 0 Å². The second-order valence-electron chi connectivity index (χ2n) is 3.79. The summed E-state index contributed by atoms with van der Waals surface area (Å²) in [7, 11) is 0. The molecular weight excluding hydrogens is 228 g/mol. The minimum absolute atomic E-state index is 0.133. The molecule has 2 rings (SSSR count). The Hall–Kier alpha value is -0.750. The Kier molecular flexibility index (Phi) is 4.06. The third-order valence-electron chi connectivity index (χ3n) is 2.55. The van der Waals surface area contributed by atoms with Gasteiger partial charge < -0.3 is 10.5 Å². The molecule has 0 aliphatic carbocycles. The summed E-state index contributed by atoms with van der Waals surface area (Å²) in [6.07, 6.45) is 3.40. The summed E-state index contributed by atoms with van der Waals surface area (Å²) in [5, 5.41) is 0.422. The molecule has 0 radical (unpaired) electrons. The van der Waals surface area contributed by atoms with Gasteiger partial charge in [0.15, 0.2) is 0 Å². The number of nitrogens with two attached hydrogens (primary N) is 1. The number of ether oxygens (including phenoxy) is 1. The van der Waals surface area contributed by atoms with Crippen LogP contribution in [-0.4, -0.2) is 47.2 Å². The molecule has 0 spiro atoms. The molecule has 1 saturated heterocycles. The first kappa shape index (κ1) is 11.7. The van der Waals surface area contributed by atoms with Crippen LogP contribution in [0.4, 0.5) is 0 Å². The molecule has 0 bridgehead atoms. The minimum Gasteiger partial charge on any atom is -0.374 e. The van der Waals surface area contributed by atoms with Crippen LogP contribution in [0.5, 0.6) is 0 Å². The highest BCUT2D eigenvalue weighted by Crippen LogP contribution is 2.09. The van der Waals surface area contributed by atoms with E-state index in [4.69, 9.17) is 22.1 Å². The highest BCUT2D eigenvalue weighted by molar-refractivity contribution is 6.29. The minimum atomic E-state index is 0.133. The van der Waals surface area contributed by atoms with Crippen LogP contribution in [0.15, 0.2) is 12.4 Å². The number of hydrogen-bond donors (Lipinski definition) is 1. The van der Waals surface area contributed by atoms with E-state index in [-0.39, 0.29) is 6.10 Å². The molecule has 88 valence electrons. The Balaban J connectivity index is 1.91. The molecule has 1 aromatic rings. The summed E-state index contributed by atoms with van der Waals surface area (Å²) in [6.45, 7) is 3.80. The van der Waals surface area contributed by atoms with Crippen LogP contribution in [0.2, 0.25) is 5.15 Å². The lowest BCUT2D eigenvalue weighted by molar-refractivity contribution is -0.0264. The van der Waals surface area contributed by atoms with Gasteiger partial charge in [0, 0.05) is 26.2 Å². The van der Waals surface area contributed by atoms with Crippen molar-refractivity contribution in [2.24, 2.45) is 5.73 Å². The van der Waals surface area contributed by atoms with E-state index in [1.54, 1.807) is 12.4 Å². The topological polar surface area (TPSA) is 64.3 Å². The zero-order valence-electron chi connectivity index (χ0n) is 8.97. The van der Waals surface area contributed by atoms with Crippen molar-refractivity contribution in [3.8, 4) is 0 Å². The van der Waals surface area contributed by atoms with Crippen molar-refractivity contribution < 1.29 is 4.74 Å². The summed E-state index contributed by atoms with van der Waals surface area (Å²) >= 11 is 5.68. The van der Waals surface area contributed by atoms with Gasteiger partial charge in [0.25, 0.3) is 0 Å². The third-order valence-corrected chi connectivity index (χ3v) is 2.74. The number of morpholine rings is 1. The molecule has 1 unspecified atom stereocenters. The molecule has 1 aliphatic heterocycles. The molecule has 16 heavy (non-hydrogen) atoms. The second-order valence-corrected chi connectivity index (χ2v) is 4.18. The van der Waals surface area contributed by atoms with E-state index >= 15 is 0 Å². The van der Waals surface area contributed by atoms with Gasteiger partial charge in [-0.3, -0.25) is 9.88 Å². The molecule has 2 N–H and O–H groups in total. The molecule has 1 atom stereocenters. The number of nitrogens with zero attached hydrogens (tertiary/aromatic N) is 3. The fraction of sp³-hybridized carbons (Fsp3) is 0.600. The smallest absolute Gasteiger partial charge is 0.147 e. The standard InChI is InChI=1S/C10H15ClN4O/c11-10-5-13-8(4-14-10)6-15-1-2-16-9(3-12)7-15/h4-5,9H,1-3,6-7,12H2. The third kappa shape index (κ3) is 3.12. The monoisotopic (exact) mass is 242 g/mol. The molecule has 0 saturated carbocycles. The molecule has 2 heterocycles. The first-order valence-corrected chi connectivity index (χ1v) is 5.66. The van der Waals surface area contributed by atoms with Crippen LogP contribution >= 0.6 is 11.6 Å². The molecule has 1 fully saturated rings. The van der Waals surface area contributed by atoms with Crippen LogP contribution in [-0.2, 0) is 11.3 Å². The average Bonchev–Trinajstić information content (AvgIpc) is 2.32. The summed E-state index contributed by atoms with van der Waals surface area (Å²) in [4.78, 5) is 10.5. The predicted octanol–water partition coefficient (Wildman–Crippen LogP) is 0.290. The van der Waals surface area contributed by atoms with E-state index in [9.17, 15) is 0 Å². The largest absolute Gasteiger partial charge is 0.374 e. The van der Waals surface area contributed by atoms with Crippen molar-refractivity contribution in [3.63, 3.8) is 0 Å². The van der Waals surface area contributed by atoms with Crippen LogP contribution in [0.1, 0.15) is 5.69 Å². The van der Waals surface area contributed by atoms with Crippen molar-refractivity contribution in [1.82, 2.24) is 14.9 Å². The maximum absolute atomic E-state index is 5.68. The Morgan fingerprint density at radius 3 is 3.06 bits per heavy atom. The van der Waals surface area contributed by atoms with Crippen molar-refractivity contribution in [2.45, 2.75) is 12.6 Å². The van der Waals surface area contributed by atoms with Gasteiger partial charge >= 0.3 is 0 Å². The van der Waals surface area contributed by atoms with Crippen LogP contribution < -0.4 is 5.73 Å². The zero-order chi connectivity index (χ0) is 11.4. The fourth-order valence-electron chi connectivity index (χ4n) is 1.72. The van der Waals surface area contributed by atoms with E-state index in [2.05, 4.69) is 14.9 Å². The van der Waals surface area contributed by atoms with E-state index in [0.717, 1.165) is 31.9 Å². The lowest BCUT2D eigenvalue weighted by atomic mass is 10.2. The number of hydrogen-bond acceptors (Lipinski definition) is 5. The van der Waals surface area contributed by atoms with E-state index in [1.807, 2.05) is 0 Å². The van der Waals surface area contributed by atoms with Crippen molar-refractivity contribution in [2.75, 3.05) is 26.2 Å². The van der Waals surface area contributed by atoms with Gasteiger partial charge in [-0.15, -0.1) is 0 Å². The second kappa shape index (κ2) is 5.54. The Morgan fingerprint density at radius 2 is 2.38 bits per heavy atom. The highest BCUT2D eigenvalue weighted by Gasteiger charge is 2.19. The van der Waals surface area contributed by atoms with Gasteiger partial charge in [-0.2, -0.15) is 0 Å².